The monoisotopic (exact) mass is 272 g/mol. The molecule has 108 valence electrons. The quantitative estimate of drug-likeness (QED) is 0.741. The number of nitrogens with one attached hydrogen (secondary N) is 1. The SMILES string of the molecule is [2H]C([2H])([2H])C([2H])([2H])Oc1ccc(C(O)CNC(C)(C)C)cc1CO. The second-order valence-electron chi connectivity index (χ2n) is 5.38. The Hall–Kier alpha value is -1.10. The Kier molecular flexibility index (Phi) is 3.54. The van der Waals surface area contributed by atoms with E-state index in [1.165, 1.54) is 18.2 Å². The topological polar surface area (TPSA) is 61.7 Å². The number of hydrogen-bond donors (Lipinski definition) is 3. The third-order valence-corrected chi connectivity index (χ3v) is 2.63. The summed E-state index contributed by atoms with van der Waals surface area (Å²) >= 11 is 0. The van der Waals surface area contributed by atoms with E-state index in [-0.39, 0.29) is 16.9 Å². The molecule has 0 heterocycles. The van der Waals surface area contributed by atoms with E-state index < -0.39 is 26.1 Å². The molecule has 1 aromatic rings. The van der Waals surface area contributed by atoms with Crippen LogP contribution >= 0.6 is 0 Å². The maximum Gasteiger partial charge on any atom is 0.124 e. The van der Waals surface area contributed by atoms with Gasteiger partial charge < -0.3 is 20.3 Å². The molecule has 0 fully saturated rings. The van der Waals surface area contributed by atoms with Crippen molar-refractivity contribution in [1.29, 1.82) is 0 Å². The van der Waals surface area contributed by atoms with E-state index in [2.05, 4.69) is 5.32 Å². The highest BCUT2D eigenvalue weighted by Gasteiger charge is 2.15. The van der Waals surface area contributed by atoms with Gasteiger partial charge in [-0.25, -0.2) is 0 Å². The molecule has 4 nitrogen and oxygen atoms in total. The van der Waals surface area contributed by atoms with Crippen LogP contribution in [0.15, 0.2) is 18.2 Å². The normalized spacial score (nSPS) is 18.7. The Morgan fingerprint density at radius 3 is 2.79 bits per heavy atom. The first-order valence-electron chi connectivity index (χ1n) is 8.62. The molecule has 0 bridgehead atoms. The summed E-state index contributed by atoms with van der Waals surface area (Å²) < 4.78 is 41.4. The van der Waals surface area contributed by atoms with Gasteiger partial charge in [0.05, 0.1) is 22.0 Å². The van der Waals surface area contributed by atoms with Gasteiger partial charge in [-0.15, -0.1) is 0 Å². The molecule has 1 unspecified atom stereocenters. The van der Waals surface area contributed by atoms with Gasteiger partial charge in [0.1, 0.15) is 5.75 Å². The average molecular weight is 272 g/mol. The molecular weight excluding hydrogens is 242 g/mol. The van der Waals surface area contributed by atoms with Gasteiger partial charge >= 0.3 is 0 Å². The maximum atomic E-state index is 10.2. The van der Waals surface area contributed by atoms with E-state index in [4.69, 9.17) is 11.6 Å². The summed E-state index contributed by atoms with van der Waals surface area (Å²) in [6, 6.07) is 4.34. The van der Waals surface area contributed by atoms with Crippen molar-refractivity contribution < 1.29 is 21.8 Å². The third kappa shape index (κ3) is 5.19. The van der Waals surface area contributed by atoms with Gasteiger partial charge in [0.2, 0.25) is 0 Å². The van der Waals surface area contributed by atoms with E-state index >= 15 is 0 Å². The fraction of sp³-hybridized carbons (Fsp3) is 0.600. The molecule has 4 heteroatoms. The van der Waals surface area contributed by atoms with E-state index in [1.807, 2.05) is 20.8 Å². The number of aliphatic hydroxyl groups excluding tert-OH is 2. The minimum absolute atomic E-state index is 0.0710. The third-order valence-electron chi connectivity index (χ3n) is 2.63. The molecule has 1 atom stereocenters. The summed E-state index contributed by atoms with van der Waals surface area (Å²) in [4.78, 5) is 0. The summed E-state index contributed by atoms with van der Waals surface area (Å²) in [5.41, 5.74) is 0.549. The lowest BCUT2D eigenvalue weighted by Crippen LogP contribution is -2.38. The average Bonchev–Trinajstić information content (AvgIpc) is 2.42. The van der Waals surface area contributed by atoms with Crippen LogP contribution in [0.1, 0.15) is 51.7 Å². The molecule has 1 aromatic carbocycles. The van der Waals surface area contributed by atoms with Crippen LogP contribution in [0.3, 0.4) is 0 Å². The molecule has 0 aliphatic rings. The molecule has 0 aliphatic heterocycles. The van der Waals surface area contributed by atoms with Gasteiger partial charge in [0, 0.05) is 21.8 Å². The largest absolute Gasteiger partial charge is 0.494 e. The molecule has 0 radical (unpaired) electrons. The van der Waals surface area contributed by atoms with Crippen LogP contribution in [0.4, 0.5) is 0 Å². The fourth-order valence-corrected chi connectivity index (χ4v) is 1.61. The lowest BCUT2D eigenvalue weighted by Gasteiger charge is -2.23. The molecule has 19 heavy (non-hydrogen) atoms. The molecule has 0 aromatic heterocycles. The zero-order valence-corrected chi connectivity index (χ0v) is 11.5. The highest BCUT2D eigenvalue weighted by Crippen LogP contribution is 2.24. The molecule has 1 rings (SSSR count). The summed E-state index contributed by atoms with van der Waals surface area (Å²) in [6.45, 7) is -0.129. The van der Waals surface area contributed by atoms with Crippen LogP contribution in [0, 0.1) is 0 Å². The van der Waals surface area contributed by atoms with Gasteiger partial charge in [0.15, 0.2) is 0 Å². The molecule has 0 aliphatic carbocycles. The number of ether oxygens (including phenoxy) is 1. The fourth-order valence-electron chi connectivity index (χ4n) is 1.61. The van der Waals surface area contributed by atoms with Crippen molar-refractivity contribution in [3.05, 3.63) is 29.3 Å². The molecule has 3 N–H and O–H groups in total. The summed E-state index contributed by atoms with van der Waals surface area (Å²) in [6.07, 6.45) is -0.831. The van der Waals surface area contributed by atoms with Crippen molar-refractivity contribution in [1.82, 2.24) is 5.32 Å². The Bertz CT molecular complexity index is 555. The highest BCUT2D eigenvalue weighted by molar-refractivity contribution is 5.37. The van der Waals surface area contributed by atoms with E-state index in [9.17, 15) is 10.2 Å². The lowest BCUT2D eigenvalue weighted by molar-refractivity contribution is 0.163. The number of aliphatic hydroxyl groups is 2. The van der Waals surface area contributed by atoms with Crippen molar-refractivity contribution >= 4 is 0 Å². The predicted molar refractivity (Wildman–Crippen MR) is 76.2 cm³/mol. The van der Waals surface area contributed by atoms with Crippen LogP contribution in [0.2, 0.25) is 0 Å². The van der Waals surface area contributed by atoms with Gasteiger partial charge in [-0.05, 0) is 45.3 Å². The molecular formula is C15H25NO3. The molecule has 0 saturated carbocycles. The van der Waals surface area contributed by atoms with Crippen LogP contribution in [-0.2, 0) is 6.61 Å². The number of β-amino-alcohol motifs (C(OH)–C–C–N with tert-alkyl or cyclic N) is 1. The van der Waals surface area contributed by atoms with Crippen LogP contribution in [0.25, 0.3) is 0 Å². The van der Waals surface area contributed by atoms with Crippen LogP contribution in [-0.4, -0.2) is 28.9 Å². The highest BCUT2D eigenvalue weighted by atomic mass is 16.5. The van der Waals surface area contributed by atoms with Crippen molar-refractivity contribution in [2.45, 2.75) is 45.9 Å². The van der Waals surface area contributed by atoms with Crippen LogP contribution < -0.4 is 10.1 Å². The molecule has 0 spiro atoms. The number of rotatable bonds is 6. The Balaban J connectivity index is 2.97. The lowest BCUT2D eigenvalue weighted by atomic mass is 10.0. The van der Waals surface area contributed by atoms with E-state index in [0.717, 1.165) is 0 Å². The number of hydrogen-bond acceptors (Lipinski definition) is 4. The van der Waals surface area contributed by atoms with E-state index in [0.29, 0.717) is 12.1 Å². The first kappa shape index (κ1) is 9.75. The van der Waals surface area contributed by atoms with Gasteiger partial charge in [-0.1, -0.05) is 6.07 Å². The zero-order chi connectivity index (χ0) is 18.8. The second-order valence-corrected chi connectivity index (χ2v) is 5.38. The number of benzene rings is 1. The van der Waals surface area contributed by atoms with Crippen molar-refractivity contribution in [3.63, 3.8) is 0 Å². The van der Waals surface area contributed by atoms with Crippen molar-refractivity contribution in [2.75, 3.05) is 13.1 Å². The maximum absolute atomic E-state index is 10.2. The predicted octanol–water partition coefficient (Wildman–Crippen LogP) is 2.00. The van der Waals surface area contributed by atoms with E-state index in [1.54, 1.807) is 0 Å². The summed E-state index contributed by atoms with van der Waals surface area (Å²) in [7, 11) is 0. The minimum atomic E-state index is -2.96. The first-order chi connectivity index (χ1) is 10.8. The standard InChI is InChI=1S/C15H25NO3/c1-5-19-14-7-6-11(8-12(14)10-17)13(18)9-16-15(2,3)4/h6-8,13,16-18H,5,9-10H2,1-4H3/i1D3,5D2. The Morgan fingerprint density at radius 2 is 2.21 bits per heavy atom. The molecule has 0 saturated heterocycles. The van der Waals surface area contributed by atoms with Crippen LogP contribution in [0.5, 0.6) is 5.75 Å². The summed E-state index contributed by atoms with van der Waals surface area (Å²) in [5.74, 6) is -0.0710. The Labute approximate surface area is 122 Å². The van der Waals surface area contributed by atoms with Gasteiger partial charge in [-0.2, -0.15) is 0 Å². The first-order valence-corrected chi connectivity index (χ1v) is 6.12. The Morgan fingerprint density at radius 1 is 1.47 bits per heavy atom. The van der Waals surface area contributed by atoms with Gasteiger partial charge in [0.25, 0.3) is 0 Å². The van der Waals surface area contributed by atoms with Crippen molar-refractivity contribution in [2.24, 2.45) is 0 Å². The van der Waals surface area contributed by atoms with Crippen molar-refractivity contribution in [3.8, 4) is 5.75 Å². The second kappa shape index (κ2) is 6.89. The smallest absolute Gasteiger partial charge is 0.124 e. The molecule has 0 amide bonds. The summed E-state index contributed by atoms with van der Waals surface area (Å²) in [5, 5.41) is 22.8. The zero-order valence-electron chi connectivity index (χ0n) is 16.5. The minimum Gasteiger partial charge on any atom is -0.494 e. The van der Waals surface area contributed by atoms with Gasteiger partial charge in [-0.3, -0.25) is 0 Å².